The number of hydrogen-bond donors (Lipinski definition) is 1. The Morgan fingerprint density at radius 2 is 1.81 bits per heavy atom. The van der Waals surface area contributed by atoms with Crippen LogP contribution in [0.4, 0.5) is 4.39 Å². The highest BCUT2D eigenvalue weighted by Crippen LogP contribution is 2.11. The molecule has 0 aliphatic heterocycles. The Labute approximate surface area is 154 Å². The largest absolute Gasteiger partial charge is 0.454 e. The summed E-state index contributed by atoms with van der Waals surface area (Å²) in [6.45, 7) is -0.479. The van der Waals surface area contributed by atoms with E-state index in [1.54, 1.807) is 12.1 Å². The molecule has 0 saturated heterocycles. The zero-order chi connectivity index (χ0) is 19.1. The molecule has 0 radical (unpaired) electrons. The van der Waals surface area contributed by atoms with Gasteiger partial charge in [-0.3, -0.25) is 4.79 Å². The molecule has 8 nitrogen and oxygen atoms in total. The van der Waals surface area contributed by atoms with E-state index in [1.807, 2.05) is 30.3 Å². The number of esters is 1. The van der Waals surface area contributed by atoms with E-state index in [-0.39, 0.29) is 18.9 Å². The third-order valence-electron chi connectivity index (χ3n) is 3.52. The second-order valence-corrected chi connectivity index (χ2v) is 5.57. The highest BCUT2D eigenvalue weighted by molar-refractivity contribution is 5.80. The molecule has 2 aromatic carbocycles. The summed E-state index contributed by atoms with van der Waals surface area (Å²) in [7, 11) is 0. The standard InChI is InChI=1S/C18H16FN5O3/c19-15-8-6-13(7-9-15)10-20-16(25)12-27-17(26)11-24-22-18(21-23-24)14-4-2-1-3-5-14/h1-9H,10-12H2,(H,20,25). The topological polar surface area (TPSA) is 99.0 Å². The van der Waals surface area contributed by atoms with Gasteiger partial charge < -0.3 is 10.1 Å². The molecule has 0 bridgehead atoms. The fourth-order valence-electron chi connectivity index (χ4n) is 2.17. The molecule has 0 atom stereocenters. The highest BCUT2D eigenvalue weighted by Gasteiger charge is 2.12. The van der Waals surface area contributed by atoms with Crippen LogP contribution in [0.2, 0.25) is 0 Å². The molecule has 0 aliphatic rings. The van der Waals surface area contributed by atoms with Gasteiger partial charge in [-0.1, -0.05) is 42.5 Å². The van der Waals surface area contributed by atoms with Crippen molar-refractivity contribution in [1.82, 2.24) is 25.5 Å². The summed E-state index contributed by atoms with van der Waals surface area (Å²) < 4.78 is 17.7. The Morgan fingerprint density at radius 1 is 1.07 bits per heavy atom. The lowest BCUT2D eigenvalue weighted by atomic mass is 10.2. The van der Waals surface area contributed by atoms with E-state index in [1.165, 1.54) is 12.1 Å². The minimum absolute atomic E-state index is 0.210. The molecule has 3 rings (SSSR count). The van der Waals surface area contributed by atoms with E-state index in [0.29, 0.717) is 5.82 Å². The minimum Gasteiger partial charge on any atom is -0.454 e. The SMILES string of the molecule is O=C(COC(=O)Cn1nnc(-c2ccccc2)n1)NCc1ccc(F)cc1. The molecular formula is C18H16FN5O3. The Kier molecular flexibility index (Phi) is 5.83. The van der Waals surface area contributed by atoms with Crippen LogP contribution in [-0.4, -0.2) is 38.7 Å². The summed E-state index contributed by atoms with van der Waals surface area (Å²) in [5, 5.41) is 14.3. The number of aromatic nitrogens is 4. The zero-order valence-corrected chi connectivity index (χ0v) is 14.2. The zero-order valence-electron chi connectivity index (χ0n) is 14.2. The Morgan fingerprint density at radius 3 is 2.56 bits per heavy atom. The lowest BCUT2D eigenvalue weighted by molar-refractivity contribution is -0.149. The van der Waals surface area contributed by atoms with Gasteiger partial charge in [-0.25, -0.2) is 9.18 Å². The van der Waals surface area contributed by atoms with Crippen LogP contribution in [0.3, 0.4) is 0 Å². The predicted octanol–water partition coefficient (Wildman–Crippen LogP) is 1.34. The number of carbonyl (C=O) groups is 2. The number of halogens is 1. The van der Waals surface area contributed by atoms with Gasteiger partial charge in [0.25, 0.3) is 5.91 Å². The molecule has 1 N–H and O–H groups in total. The highest BCUT2D eigenvalue weighted by atomic mass is 19.1. The maximum atomic E-state index is 12.8. The van der Waals surface area contributed by atoms with E-state index in [4.69, 9.17) is 4.74 Å². The molecule has 3 aromatic rings. The van der Waals surface area contributed by atoms with Crippen molar-refractivity contribution in [2.75, 3.05) is 6.61 Å². The average molecular weight is 369 g/mol. The smallest absolute Gasteiger partial charge is 0.330 e. The predicted molar refractivity (Wildman–Crippen MR) is 92.5 cm³/mol. The second kappa shape index (κ2) is 8.65. The summed E-state index contributed by atoms with van der Waals surface area (Å²) in [4.78, 5) is 24.6. The van der Waals surface area contributed by atoms with Gasteiger partial charge in [-0.15, -0.1) is 10.2 Å². The van der Waals surface area contributed by atoms with Crippen molar-refractivity contribution in [2.45, 2.75) is 13.1 Å². The fourth-order valence-corrected chi connectivity index (χ4v) is 2.17. The molecule has 138 valence electrons. The summed E-state index contributed by atoms with van der Waals surface area (Å²) in [5.41, 5.74) is 1.51. The van der Waals surface area contributed by atoms with Crippen LogP contribution >= 0.6 is 0 Å². The maximum absolute atomic E-state index is 12.8. The van der Waals surface area contributed by atoms with Crippen LogP contribution in [-0.2, 0) is 27.4 Å². The summed E-state index contributed by atoms with van der Waals surface area (Å²) in [5.74, 6) is -1.09. The van der Waals surface area contributed by atoms with E-state index in [9.17, 15) is 14.0 Å². The number of benzene rings is 2. The number of nitrogens with zero attached hydrogens (tertiary/aromatic N) is 4. The average Bonchev–Trinajstić information content (AvgIpc) is 3.15. The van der Waals surface area contributed by atoms with Gasteiger partial charge in [0.15, 0.2) is 13.2 Å². The number of carbonyl (C=O) groups excluding carboxylic acids is 2. The van der Waals surface area contributed by atoms with Gasteiger partial charge in [-0.05, 0) is 22.9 Å². The fraction of sp³-hybridized carbons (Fsp3) is 0.167. The molecule has 1 amide bonds. The first-order valence-electron chi connectivity index (χ1n) is 8.10. The van der Waals surface area contributed by atoms with Crippen LogP contribution in [0.5, 0.6) is 0 Å². The third kappa shape index (κ3) is 5.43. The summed E-state index contributed by atoms with van der Waals surface area (Å²) in [6.07, 6.45) is 0. The molecule has 0 aliphatic carbocycles. The lowest BCUT2D eigenvalue weighted by Crippen LogP contribution is -2.29. The van der Waals surface area contributed by atoms with E-state index < -0.39 is 18.5 Å². The van der Waals surface area contributed by atoms with Crippen molar-refractivity contribution in [2.24, 2.45) is 0 Å². The lowest BCUT2D eigenvalue weighted by Gasteiger charge is -2.06. The van der Waals surface area contributed by atoms with Crippen LogP contribution < -0.4 is 5.32 Å². The number of nitrogens with one attached hydrogen (secondary N) is 1. The maximum Gasteiger partial charge on any atom is 0.330 e. The third-order valence-corrected chi connectivity index (χ3v) is 3.52. The van der Waals surface area contributed by atoms with Gasteiger partial charge in [0.2, 0.25) is 5.82 Å². The normalized spacial score (nSPS) is 10.4. The Hall–Kier alpha value is -3.62. The van der Waals surface area contributed by atoms with Crippen molar-refractivity contribution in [3.8, 4) is 11.4 Å². The van der Waals surface area contributed by atoms with Crippen LogP contribution in [0.15, 0.2) is 54.6 Å². The van der Waals surface area contributed by atoms with Crippen LogP contribution in [0, 0.1) is 5.82 Å². The molecular weight excluding hydrogens is 353 g/mol. The van der Waals surface area contributed by atoms with Gasteiger partial charge in [0.05, 0.1) is 0 Å². The van der Waals surface area contributed by atoms with Crippen molar-refractivity contribution in [3.63, 3.8) is 0 Å². The van der Waals surface area contributed by atoms with Gasteiger partial charge in [-0.2, -0.15) is 4.80 Å². The molecule has 0 spiro atoms. The molecule has 1 aromatic heterocycles. The summed E-state index contributed by atoms with van der Waals surface area (Å²) in [6, 6.07) is 14.9. The Bertz CT molecular complexity index is 912. The molecule has 27 heavy (non-hydrogen) atoms. The van der Waals surface area contributed by atoms with Crippen LogP contribution in [0.1, 0.15) is 5.56 Å². The summed E-state index contributed by atoms with van der Waals surface area (Å²) >= 11 is 0. The number of amides is 1. The first kappa shape index (κ1) is 18.2. The first-order valence-corrected chi connectivity index (χ1v) is 8.10. The monoisotopic (exact) mass is 369 g/mol. The quantitative estimate of drug-likeness (QED) is 0.631. The molecule has 1 heterocycles. The molecule has 0 unspecified atom stereocenters. The number of ether oxygens (including phenoxy) is 1. The molecule has 9 heteroatoms. The van der Waals surface area contributed by atoms with E-state index >= 15 is 0 Å². The number of rotatable bonds is 7. The van der Waals surface area contributed by atoms with E-state index in [2.05, 4.69) is 20.7 Å². The van der Waals surface area contributed by atoms with Gasteiger partial charge in [0, 0.05) is 12.1 Å². The van der Waals surface area contributed by atoms with Crippen LogP contribution in [0.25, 0.3) is 11.4 Å². The molecule has 0 fully saturated rings. The number of hydrogen-bond acceptors (Lipinski definition) is 6. The Balaban J connectivity index is 1.42. The number of tetrazole rings is 1. The van der Waals surface area contributed by atoms with Gasteiger partial charge >= 0.3 is 5.97 Å². The van der Waals surface area contributed by atoms with Crippen molar-refractivity contribution >= 4 is 11.9 Å². The van der Waals surface area contributed by atoms with Crippen molar-refractivity contribution in [1.29, 1.82) is 0 Å². The first-order chi connectivity index (χ1) is 13.1. The van der Waals surface area contributed by atoms with Crippen molar-refractivity contribution < 1.29 is 18.7 Å². The van der Waals surface area contributed by atoms with Crippen molar-refractivity contribution in [3.05, 3.63) is 66.0 Å². The minimum atomic E-state index is -0.663. The molecule has 0 saturated carbocycles. The van der Waals surface area contributed by atoms with Gasteiger partial charge in [0.1, 0.15) is 5.82 Å². The van der Waals surface area contributed by atoms with E-state index in [0.717, 1.165) is 15.9 Å². The second-order valence-electron chi connectivity index (χ2n) is 5.57.